The van der Waals surface area contributed by atoms with Gasteiger partial charge in [0.25, 0.3) is 0 Å². The van der Waals surface area contributed by atoms with E-state index in [-0.39, 0.29) is 24.8 Å². The van der Waals surface area contributed by atoms with Gasteiger partial charge in [-0.25, -0.2) is 4.79 Å². The van der Waals surface area contributed by atoms with Crippen LogP contribution in [-0.4, -0.2) is 41.4 Å². The van der Waals surface area contributed by atoms with Gasteiger partial charge in [-0.1, -0.05) is 43.8 Å². The van der Waals surface area contributed by atoms with E-state index in [1.807, 2.05) is 4.90 Å². The van der Waals surface area contributed by atoms with Crippen LogP contribution in [0.5, 0.6) is 0 Å². The molecule has 3 aliphatic rings. The van der Waals surface area contributed by atoms with Crippen LogP contribution >= 0.6 is 0 Å². The first-order chi connectivity index (χ1) is 11.3. The Morgan fingerprint density at radius 1 is 1.09 bits per heavy atom. The molecule has 1 aliphatic heterocycles. The molecule has 2 fully saturated rings. The van der Waals surface area contributed by atoms with Crippen LogP contribution in [-0.2, 0) is 4.74 Å². The Labute approximate surface area is 139 Å². The third-order valence-electron chi connectivity index (χ3n) is 5.83. The topological polar surface area (TPSA) is 49.8 Å². The van der Waals surface area contributed by atoms with E-state index >= 15 is 0 Å². The van der Waals surface area contributed by atoms with Crippen LogP contribution in [0.1, 0.15) is 70.6 Å². The van der Waals surface area contributed by atoms with E-state index in [2.05, 4.69) is 6.08 Å². The van der Waals surface area contributed by atoms with Crippen LogP contribution in [0, 0.1) is 5.92 Å². The minimum Gasteiger partial charge on any atom is -0.442 e. The molecule has 0 spiro atoms. The molecule has 23 heavy (non-hydrogen) atoms. The summed E-state index contributed by atoms with van der Waals surface area (Å²) in [4.78, 5) is 13.8. The summed E-state index contributed by atoms with van der Waals surface area (Å²) in [5.74, 6) is 0.782. The maximum Gasteiger partial charge on any atom is 0.410 e. The van der Waals surface area contributed by atoms with Crippen molar-refractivity contribution in [3.8, 4) is 0 Å². The lowest BCUT2D eigenvalue weighted by Crippen LogP contribution is -2.36. The quantitative estimate of drug-likeness (QED) is 0.798. The van der Waals surface area contributed by atoms with Gasteiger partial charge in [-0.3, -0.25) is 0 Å². The maximum absolute atomic E-state index is 12.0. The second-order valence-electron chi connectivity index (χ2n) is 7.44. The molecule has 1 saturated heterocycles. The number of hydrogen-bond acceptors (Lipinski definition) is 3. The van der Waals surface area contributed by atoms with Crippen molar-refractivity contribution in [2.24, 2.45) is 5.92 Å². The standard InChI is InChI=1S/C19H31NO3/c21-14-18-13-20(19(22)23-18)17-10-6-9-16(11-12-17)15-7-4-2-1-3-5-8-15/h11,15,17-18,21H,1-10,12-14H2/t17?,18-/m1/s1. The smallest absolute Gasteiger partial charge is 0.410 e. The van der Waals surface area contributed by atoms with Crippen molar-refractivity contribution in [3.63, 3.8) is 0 Å². The van der Waals surface area contributed by atoms with Gasteiger partial charge >= 0.3 is 6.09 Å². The highest BCUT2D eigenvalue weighted by molar-refractivity contribution is 5.70. The van der Waals surface area contributed by atoms with E-state index in [1.54, 1.807) is 5.57 Å². The second kappa shape index (κ2) is 8.18. The largest absolute Gasteiger partial charge is 0.442 e. The average molecular weight is 321 g/mol. The van der Waals surface area contributed by atoms with Gasteiger partial charge in [0, 0.05) is 6.04 Å². The molecular formula is C19H31NO3. The van der Waals surface area contributed by atoms with Crippen molar-refractivity contribution >= 4 is 6.09 Å². The summed E-state index contributed by atoms with van der Waals surface area (Å²) in [5, 5.41) is 9.20. The van der Waals surface area contributed by atoms with Gasteiger partial charge in [-0.15, -0.1) is 0 Å². The predicted molar refractivity (Wildman–Crippen MR) is 90.2 cm³/mol. The molecule has 0 aromatic rings. The third kappa shape index (κ3) is 4.28. The van der Waals surface area contributed by atoms with Gasteiger partial charge in [0.2, 0.25) is 0 Å². The van der Waals surface area contributed by atoms with Crippen LogP contribution < -0.4 is 0 Å². The molecule has 0 bridgehead atoms. The van der Waals surface area contributed by atoms with Crippen LogP contribution in [0.2, 0.25) is 0 Å². The summed E-state index contributed by atoms with van der Waals surface area (Å²) in [6, 6.07) is 0.255. The van der Waals surface area contributed by atoms with Crippen LogP contribution in [0.25, 0.3) is 0 Å². The zero-order valence-corrected chi connectivity index (χ0v) is 14.2. The van der Waals surface area contributed by atoms with Crippen molar-refractivity contribution in [2.75, 3.05) is 13.2 Å². The molecule has 4 heteroatoms. The van der Waals surface area contributed by atoms with E-state index in [0.29, 0.717) is 6.54 Å². The predicted octanol–water partition coefficient (Wildman–Crippen LogP) is 4.03. The van der Waals surface area contributed by atoms with Gasteiger partial charge in [0.15, 0.2) is 0 Å². The number of aliphatic hydroxyl groups excluding tert-OH is 1. The summed E-state index contributed by atoms with van der Waals surface area (Å²) in [6.07, 6.45) is 15.9. The number of hydrogen-bond donors (Lipinski definition) is 1. The number of amides is 1. The maximum atomic E-state index is 12.0. The summed E-state index contributed by atoms with van der Waals surface area (Å²) in [6.45, 7) is 0.477. The van der Waals surface area contributed by atoms with E-state index in [9.17, 15) is 9.90 Å². The van der Waals surface area contributed by atoms with Crippen molar-refractivity contribution in [1.82, 2.24) is 4.90 Å². The van der Waals surface area contributed by atoms with Crippen LogP contribution in [0.15, 0.2) is 11.6 Å². The first kappa shape index (κ1) is 16.8. The highest BCUT2D eigenvalue weighted by Gasteiger charge is 2.35. The van der Waals surface area contributed by atoms with Crippen molar-refractivity contribution in [1.29, 1.82) is 0 Å². The zero-order valence-electron chi connectivity index (χ0n) is 14.2. The molecule has 2 aliphatic carbocycles. The first-order valence-electron chi connectivity index (χ1n) is 9.55. The Morgan fingerprint density at radius 2 is 1.83 bits per heavy atom. The third-order valence-corrected chi connectivity index (χ3v) is 5.83. The van der Waals surface area contributed by atoms with Gasteiger partial charge < -0.3 is 14.7 Å². The Kier molecular flexibility index (Phi) is 5.98. The van der Waals surface area contributed by atoms with Gasteiger partial charge in [0.05, 0.1) is 13.2 Å². The van der Waals surface area contributed by atoms with E-state index in [4.69, 9.17) is 4.74 Å². The molecule has 0 aromatic heterocycles. The van der Waals surface area contributed by atoms with Crippen molar-refractivity contribution in [3.05, 3.63) is 11.6 Å². The molecule has 1 saturated carbocycles. The summed E-state index contributed by atoms with van der Waals surface area (Å²) >= 11 is 0. The fourth-order valence-corrected chi connectivity index (χ4v) is 4.46. The van der Waals surface area contributed by atoms with Gasteiger partial charge in [-0.05, 0) is 44.4 Å². The summed E-state index contributed by atoms with van der Waals surface area (Å²) in [7, 11) is 0. The number of ether oxygens (including phenoxy) is 1. The molecule has 1 N–H and O–H groups in total. The molecule has 3 rings (SSSR count). The SMILES string of the molecule is O=C1O[C@@H](CO)CN1C1CC=C(C2CCCCCCC2)CCC1. The second-order valence-corrected chi connectivity index (χ2v) is 7.44. The number of aliphatic hydroxyl groups is 1. The Balaban J connectivity index is 1.60. The number of rotatable bonds is 3. The van der Waals surface area contributed by atoms with Crippen LogP contribution in [0.4, 0.5) is 4.79 Å². The molecule has 130 valence electrons. The number of carbonyl (C=O) groups is 1. The molecule has 1 amide bonds. The lowest BCUT2D eigenvalue weighted by atomic mass is 9.84. The molecular weight excluding hydrogens is 290 g/mol. The van der Waals surface area contributed by atoms with Gasteiger partial charge in [0.1, 0.15) is 6.10 Å². The Bertz CT molecular complexity index is 426. The normalized spacial score (nSPS) is 31.1. The van der Waals surface area contributed by atoms with Crippen molar-refractivity contribution < 1.29 is 14.6 Å². The highest BCUT2D eigenvalue weighted by Crippen LogP contribution is 2.34. The molecule has 4 nitrogen and oxygen atoms in total. The Hall–Kier alpha value is -1.03. The van der Waals surface area contributed by atoms with Gasteiger partial charge in [-0.2, -0.15) is 0 Å². The number of cyclic esters (lactones) is 1. The molecule has 0 aromatic carbocycles. The van der Waals surface area contributed by atoms with Crippen LogP contribution in [0.3, 0.4) is 0 Å². The van der Waals surface area contributed by atoms with Crippen molar-refractivity contribution in [2.45, 2.75) is 82.8 Å². The Morgan fingerprint density at radius 3 is 2.52 bits per heavy atom. The highest BCUT2D eigenvalue weighted by atomic mass is 16.6. The molecule has 2 atom stereocenters. The molecule has 0 radical (unpaired) electrons. The monoisotopic (exact) mass is 321 g/mol. The number of nitrogens with zero attached hydrogens (tertiary/aromatic N) is 1. The number of allylic oxidation sites excluding steroid dienone is 1. The summed E-state index contributed by atoms with van der Waals surface area (Å²) in [5.41, 5.74) is 1.65. The average Bonchev–Trinajstić information content (AvgIpc) is 2.74. The van der Waals surface area contributed by atoms with E-state index < -0.39 is 0 Å². The first-order valence-corrected chi connectivity index (χ1v) is 9.55. The lowest BCUT2D eigenvalue weighted by molar-refractivity contribution is 0.0939. The molecule has 1 heterocycles. The fourth-order valence-electron chi connectivity index (χ4n) is 4.46. The minimum atomic E-state index is -0.334. The minimum absolute atomic E-state index is 0.0713. The van der Waals surface area contributed by atoms with E-state index in [1.165, 1.54) is 57.8 Å². The lowest BCUT2D eigenvalue weighted by Gasteiger charge is -2.23. The zero-order chi connectivity index (χ0) is 16.1. The van der Waals surface area contributed by atoms with E-state index in [0.717, 1.165) is 18.8 Å². The summed E-state index contributed by atoms with van der Waals surface area (Å²) < 4.78 is 5.21. The fraction of sp³-hybridized carbons (Fsp3) is 0.842. The number of carbonyl (C=O) groups excluding carboxylic acids is 1. The molecule has 1 unspecified atom stereocenters.